The third kappa shape index (κ3) is 4.05. The second-order valence-electron chi connectivity index (χ2n) is 8.22. The second kappa shape index (κ2) is 9.11. The summed E-state index contributed by atoms with van der Waals surface area (Å²) < 4.78 is 11.0. The number of aromatic amines is 1. The molecule has 3 aromatic rings. The van der Waals surface area contributed by atoms with Crippen LogP contribution in [0.1, 0.15) is 29.9 Å². The number of benzene rings is 2. The molecule has 4 rings (SSSR count). The van der Waals surface area contributed by atoms with Crippen molar-refractivity contribution in [1.82, 2.24) is 15.2 Å². The number of hydrogen-bond donors (Lipinski definition) is 2. The molecular formula is C25H33N3O2. The van der Waals surface area contributed by atoms with Crippen molar-refractivity contribution >= 4 is 10.9 Å². The smallest absolute Gasteiger partial charge is 0.131 e. The minimum absolute atomic E-state index is 0.647. The molecule has 2 aromatic carbocycles. The van der Waals surface area contributed by atoms with Crippen molar-refractivity contribution in [2.45, 2.75) is 25.7 Å². The maximum atomic E-state index is 5.64. The number of piperidine rings is 1. The van der Waals surface area contributed by atoms with E-state index in [9.17, 15) is 0 Å². The molecule has 2 N–H and O–H groups in total. The zero-order valence-electron chi connectivity index (χ0n) is 18.5. The monoisotopic (exact) mass is 407 g/mol. The summed E-state index contributed by atoms with van der Waals surface area (Å²) in [5, 5.41) is 4.56. The molecule has 1 aliphatic heterocycles. The third-order valence-electron chi connectivity index (χ3n) is 6.50. The van der Waals surface area contributed by atoms with Gasteiger partial charge in [0.15, 0.2) is 0 Å². The Balaban J connectivity index is 1.60. The first-order chi connectivity index (χ1) is 14.6. The van der Waals surface area contributed by atoms with Crippen LogP contribution in [0.15, 0.2) is 36.4 Å². The van der Waals surface area contributed by atoms with Crippen LogP contribution in [-0.2, 0) is 0 Å². The van der Waals surface area contributed by atoms with Gasteiger partial charge >= 0.3 is 0 Å². The number of rotatable bonds is 7. The average molecular weight is 408 g/mol. The Morgan fingerprint density at radius 3 is 2.57 bits per heavy atom. The highest BCUT2D eigenvalue weighted by Crippen LogP contribution is 2.38. The number of aromatic nitrogens is 1. The van der Waals surface area contributed by atoms with Gasteiger partial charge in [-0.25, -0.2) is 0 Å². The highest BCUT2D eigenvalue weighted by atomic mass is 16.5. The molecule has 1 aromatic heterocycles. The number of H-pyrrole nitrogens is 1. The number of hydrogen-bond acceptors (Lipinski definition) is 4. The summed E-state index contributed by atoms with van der Waals surface area (Å²) >= 11 is 0. The van der Waals surface area contributed by atoms with E-state index in [1.54, 1.807) is 14.2 Å². The Kier molecular flexibility index (Phi) is 6.30. The molecule has 2 heterocycles. The van der Waals surface area contributed by atoms with E-state index in [0.717, 1.165) is 35.8 Å². The third-order valence-corrected chi connectivity index (χ3v) is 6.50. The Hall–Kier alpha value is -2.50. The number of aryl methyl sites for hydroxylation is 1. The average Bonchev–Trinajstić information content (AvgIpc) is 3.13. The van der Waals surface area contributed by atoms with E-state index in [2.05, 4.69) is 46.4 Å². The highest BCUT2D eigenvalue weighted by molar-refractivity contribution is 5.92. The van der Waals surface area contributed by atoms with E-state index >= 15 is 0 Å². The van der Waals surface area contributed by atoms with Crippen molar-refractivity contribution < 1.29 is 9.47 Å². The lowest BCUT2D eigenvalue weighted by molar-refractivity contribution is 0.214. The molecule has 0 saturated carbocycles. The molecule has 0 spiro atoms. The molecular weight excluding hydrogens is 374 g/mol. The van der Waals surface area contributed by atoms with Crippen molar-refractivity contribution in [3.05, 3.63) is 47.5 Å². The maximum absolute atomic E-state index is 5.64. The molecule has 0 atom stereocenters. The minimum atomic E-state index is 0.647. The summed E-state index contributed by atoms with van der Waals surface area (Å²) in [7, 11) is 5.41. The largest absolute Gasteiger partial charge is 0.497 e. The van der Waals surface area contributed by atoms with Gasteiger partial charge in [0.25, 0.3) is 0 Å². The van der Waals surface area contributed by atoms with Crippen molar-refractivity contribution in [3.8, 4) is 22.8 Å². The van der Waals surface area contributed by atoms with Gasteiger partial charge in [0, 0.05) is 35.6 Å². The summed E-state index contributed by atoms with van der Waals surface area (Å²) in [6.07, 6.45) is 2.47. The maximum Gasteiger partial charge on any atom is 0.131 e. The molecule has 30 heavy (non-hydrogen) atoms. The first-order valence-electron chi connectivity index (χ1n) is 10.9. The van der Waals surface area contributed by atoms with E-state index < -0.39 is 0 Å². The number of ether oxygens (including phenoxy) is 2. The van der Waals surface area contributed by atoms with Crippen LogP contribution in [0.4, 0.5) is 0 Å². The van der Waals surface area contributed by atoms with Gasteiger partial charge in [-0.15, -0.1) is 0 Å². The van der Waals surface area contributed by atoms with Crippen LogP contribution in [0, 0.1) is 6.92 Å². The minimum Gasteiger partial charge on any atom is -0.497 e. The quantitative estimate of drug-likeness (QED) is 0.603. The molecule has 5 heteroatoms. The van der Waals surface area contributed by atoms with Crippen LogP contribution in [0.25, 0.3) is 22.2 Å². The fourth-order valence-electron chi connectivity index (χ4n) is 4.63. The van der Waals surface area contributed by atoms with Crippen molar-refractivity contribution in [3.63, 3.8) is 0 Å². The Labute approximate surface area is 179 Å². The van der Waals surface area contributed by atoms with Crippen molar-refractivity contribution in [1.29, 1.82) is 0 Å². The highest BCUT2D eigenvalue weighted by Gasteiger charge is 2.21. The second-order valence-corrected chi connectivity index (χ2v) is 8.22. The van der Waals surface area contributed by atoms with Crippen LogP contribution in [0.3, 0.4) is 0 Å². The number of likely N-dealkylation sites (tertiary alicyclic amines) is 1. The predicted octanol–water partition coefficient (Wildman–Crippen LogP) is 4.56. The summed E-state index contributed by atoms with van der Waals surface area (Å²) in [5.41, 5.74) is 6.08. The normalized spacial score (nSPS) is 15.6. The number of fused-ring (bicyclic) bond motifs is 1. The predicted molar refractivity (Wildman–Crippen MR) is 124 cm³/mol. The van der Waals surface area contributed by atoms with Crippen LogP contribution in [-0.4, -0.2) is 57.3 Å². The summed E-state index contributed by atoms with van der Waals surface area (Å²) in [5.74, 6) is 2.26. The summed E-state index contributed by atoms with van der Waals surface area (Å²) in [4.78, 5) is 6.19. The Morgan fingerprint density at radius 1 is 1.07 bits per heavy atom. The summed E-state index contributed by atoms with van der Waals surface area (Å²) in [6.45, 7) is 6.78. The molecule has 0 amide bonds. The number of nitrogens with one attached hydrogen (secondary N) is 2. The van der Waals surface area contributed by atoms with Gasteiger partial charge in [0.2, 0.25) is 0 Å². The van der Waals surface area contributed by atoms with E-state index in [1.807, 2.05) is 19.2 Å². The molecule has 160 valence electrons. The van der Waals surface area contributed by atoms with Gasteiger partial charge in [-0.2, -0.15) is 0 Å². The molecule has 0 unspecified atom stereocenters. The number of nitrogens with zero attached hydrogens (tertiary/aromatic N) is 1. The lowest BCUT2D eigenvalue weighted by Crippen LogP contribution is -2.37. The molecule has 0 bridgehead atoms. The lowest BCUT2D eigenvalue weighted by atomic mass is 9.88. The molecule has 0 aliphatic carbocycles. The molecule has 5 nitrogen and oxygen atoms in total. The first kappa shape index (κ1) is 20.8. The van der Waals surface area contributed by atoms with Crippen LogP contribution >= 0.6 is 0 Å². The first-order valence-corrected chi connectivity index (χ1v) is 10.9. The fourth-order valence-corrected chi connectivity index (χ4v) is 4.63. The van der Waals surface area contributed by atoms with E-state index in [0.29, 0.717) is 5.92 Å². The van der Waals surface area contributed by atoms with Gasteiger partial charge in [0.1, 0.15) is 11.5 Å². The summed E-state index contributed by atoms with van der Waals surface area (Å²) in [6, 6.07) is 12.9. The lowest BCUT2D eigenvalue weighted by Gasteiger charge is -2.32. The Bertz CT molecular complexity index is 1000. The standard InChI is InChI=1S/C25H33N3O2/c1-17-22-15-19(18-9-12-28(13-10-18)14-11-26-2)5-8-23(22)27-25(17)21-7-6-20(29-3)16-24(21)30-4/h5-8,15-16,18,26-27H,9-14H2,1-4H3. The Morgan fingerprint density at radius 2 is 1.87 bits per heavy atom. The molecule has 1 saturated heterocycles. The topological polar surface area (TPSA) is 49.5 Å². The van der Waals surface area contributed by atoms with E-state index in [4.69, 9.17) is 9.47 Å². The molecule has 1 aliphatic rings. The number of methoxy groups -OCH3 is 2. The van der Waals surface area contributed by atoms with Crippen LogP contribution in [0.2, 0.25) is 0 Å². The van der Waals surface area contributed by atoms with E-state index in [1.165, 1.54) is 48.0 Å². The zero-order valence-corrected chi connectivity index (χ0v) is 18.5. The molecule has 0 radical (unpaired) electrons. The van der Waals surface area contributed by atoms with Crippen LogP contribution < -0.4 is 14.8 Å². The molecule has 1 fully saturated rings. The van der Waals surface area contributed by atoms with Gasteiger partial charge in [-0.05, 0) is 81.2 Å². The zero-order chi connectivity index (χ0) is 21.1. The number of likely N-dealkylation sites (N-methyl/N-ethyl adjacent to an activating group) is 1. The van der Waals surface area contributed by atoms with E-state index in [-0.39, 0.29) is 0 Å². The van der Waals surface area contributed by atoms with Gasteiger partial charge in [-0.3, -0.25) is 0 Å². The van der Waals surface area contributed by atoms with Crippen molar-refractivity contribution in [2.75, 3.05) is 47.4 Å². The van der Waals surface area contributed by atoms with Gasteiger partial charge in [0.05, 0.1) is 19.9 Å². The van der Waals surface area contributed by atoms with Crippen LogP contribution in [0.5, 0.6) is 11.5 Å². The SMILES string of the molecule is CNCCN1CCC(c2ccc3[nH]c(-c4ccc(OC)cc4OC)c(C)c3c2)CC1. The van der Waals surface area contributed by atoms with Gasteiger partial charge < -0.3 is 24.7 Å². The van der Waals surface area contributed by atoms with Gasteiger partial charge in [-0.1, -0.05) is 6.07 Å². The van der Waals surface area contributed by atoms with Crippen molar-refractivity contribution in [2.24, 2.45) is 0 Å². The fraction of sp³-hybridized carbons (Fsp3) is 0.440.